The fraction of sp³-hybridized carbons (Fsp3) is 0.200. The number of esters is 1. The largest absolute Gasteiger partial charge is 0.482 e. The van der Waals surface area contributed by atoms with Crippen molar-refractivity contribution >= 4 is 12.2 Å². The Morgan fingerprint density at radius 2 is 2.13 bits per heavy atom. The minimum absolute atomic E-state index is 0.0964. The summed E-state index contributed by atoms with van der Waals surface area (Å²) in [7, 11) is 1.31. The number of hydrazone groups is 1. The molecule has 0 aliphatic rings. The van der Waals surface area contributed by atoms with Crippen molar-refractivity contribution < 1.29 is 14.3 Å². The second-order valence-electron chi connectivity index (χ2n) is 2.71. The minimum atomic E-state index is -0.414. The van der Waals surface area contributed by atoms with E-state index in [0.717, 1.165) is 5.56 Å². The molecular weight excluding hydrogens is 196 g/mol. The summed E-state index contributed by atoms with van der Waals surface area (Å²) < 4.78 is 9.57. The predicted octanol–water partition coefficient (Wildman–Crippen LogP) is 0.531. The standard InChI is InChI=1S/C10H12N2O3/c1-14-10(13)7-15-9-4-2-8(3-5-9)6-12-11/h2-6H,7,11H2,1H3. The van der Waals surface area contributed by atoms with Crippen molar-refractivity contribution in [1.82, 2.24) is 0 Å². The number of carbonyl (C=O) groups is 1. The molecule has 5 nitrogen and oxygen atoms in total. The van der Waals surface area contributed by atoms with E-state index in [1.165, 1.54) is 13.3 Å². The van der Waals surface area contributed by atoms with E-state index in [1.807, 2.05) is 0 Å². The van der Waals surface area contributed by atoms with Crippen LogP contribution in [0.5, 0.6) is 5.75 Å². The average Bonchev–Trinajstić information content (AvgIpc) is 2.28. The Labute approximate surface area is 87.5 Å². The van der Waals surface area contributed by atoms with Gasteiger partial charge in [0, 0.05) is 0 Å². The van der Waals surface area contributed by atoms with E-state index in [-0.39, 0.29) is 6.61 Å². The van der Waals surface area contributed by atoms with Gasteiger partial charge in [-0.05, 0) is 29.8 Å². The number of benzene rings is 1. The maximum atomic E-state index is 10.8. The van der Waals surface area contributed by atoms with E-state index >= 15 is 0 Å². The Morgan fingerprint density at radius 3 is 2.67 bits per heavy atom. The van der Waals surface area contributed by atoms with Gasteiger partial charge >= 0.3 is 5.97 Å². The van der Waals surface area contributed by atoms with Crippen LogP contribution in [0.1, 0.15) is 5.56 Å². The summed E-state index contributed by atoms with van der Waals surface area (Å²) in [4.78, 5) is 10.8. The topological polar surface area (TPSA) is 73.9 Å². The first-order valence-corrected chi connectivity index (χ1v) is 4.29. The molecule has 2 N–H and O–H groups in total. The Morgan fingerprint density at radius 1 is 1.47 bits per heavy atom. The van der Waals surface area contributed by atoms with Gasteiger partial charge in [0.2, 0.25) is 0 Å². The monoisotopic (exact) mass is 208 g/mol. The molecule has 1 rings (SSSR count). The lowest BCUT2D eigenvalue weighted by atomic mass is 10.2. The molecule has 0 amide bonds. The van der Waals surface area contributed by atoms with E-state index < -0.39 is 5.97 Å². The van der Waals surface area contributed by atoms with Gasteiger partial charge in [0.25, 0.3) is 0 Å². The van der Waals surface area contributed by atoms with Gasteiger partial charge in [-0.3, -0.25) is 0 Å². The predicted molar refractivity (Wildman–Crippen MR) is 55.7 cm³/mol. The lowest BCUT2D eigenvalue weighted by Gasteiger charge is -2.04. The SMILES string of the molecule is COC(=O)COc1ccc(C=NN)cc1. The number of carbonyl (C=O) groups excluding carboxylic acids is 1. The molecule has 0 unspecified atom stereocenters. The first-order chi connectivity index (χ1) is 7.26. The summed E-state index contributed by atoms with van der Waals surface area (Å²) in [6.07, 6.45) is 1.52. The quantitative estimate of drug-likeness (QED) is 0.339. The molecule has 0 bridgehead atoms. The van der Waals surface area contributed by atoms with Crippen LogP contribution in [0.3, 0.4) is 0 Å². The number of nitrogens with two attached hydrogens (primary N) is 1. The summed E-state index contributed by atoms with van der Waals surface area (Å²) in [6.45, 7) is -0.0964. The molecule has 0 aliphatic heterocycles. The molecule has 0 aliphatic carbocycles. The molecule has 0 heterocycles. The van der Waals surface area contributed by atoms with E-state index in [4.69, 9.17) is 10.6 Å². The van der Waals surface area contributed by atoms with Crippen LogP contribution in [-0.2, 0) is 9.53 Å². The van der Waals surface area contributed by atoms with Crippen molar-refractivity contribution in [3.05, 3.63) is 29.8 Å². The third kappa shape index (κ3) is 3.68. The van der Waals surface area contributed by atoms with Gasteiger partial charge in [0.05, 0.1) is 13.3 Å². The van der Waals surface area contributed by atoms with Gasteiger partial charge < -0.3 is 15.3 Å². The van der Waals surface area contributed by atoms with Crippen LogP contribution in [-0.4, -0.2) is 25.9 Å². The molecule has 0 atom stereocenters. The highest BCUT2D eigenvalue weighted by Crippen LogP contribution is 2.10. The summed E-state index contributed by atoms with van der Waals surface area (Å²) in [5.41, 5.74) is 0.864. The molecule has 0 saturated carbocycles. The number of rotatable bonds is 4. The maximum absolute atomic E-state index is 10.8. The Kier molecular flexibility index (Phi) is 4.15. The summed E-state index contributed by atoms with van der Waals surface area (Å²) in [5.74, 6) is 5.17. The molecule has 5 heteroatoms. The van der Waals surface area contributed by atoms with E-state index in [9.17, 15) is 4.79 Å². The van der Waals surface area contributed by atoms with Gasteiger partial charge in [-0.15, -0.1) is 0 Å². The van der Waals surface area contributed by atoms with Crippen molar-refractivity contribution in [2.24, 2.45) is 10.9 Å². The highest BCUT2D eigenvalue weighted by molar-refractivity contribution is 5.79. The lowest BCUT2D eigenvalue weighted by Crippen LogP contribution is -2.12. The molecule has 1 aromatic rings. The lowest BCUT2D eigenvalue weighted by molar-refractivity contribution is -0.142. The van der Waals surface area contributed by atoms with Crippen LogP contribution in [0.25, 0.3) is 0 Å². The van der Waals surface area contributed by atoms with Crippen LogP contribution >= 0.6 is 0 Å². The van der Waals surface area contributed by atoms with Crippen molar-refractivity contribution in [2.75, 3.05) is 13.7 Å². The molecule has 0 radical (unpaired) electrons. The minimum Gasteiger partial charge on any atom is -0.482 e. The summed E-state index contributed by atoms with van der Waals surface area (Å²) in [6, 6.07) is 7.01. The van der Waals surface area contributed by atoms with Crippen molar-refractivity contribution in [3.8, 4) is 5.75 Å². The zero-order chi connectivity index (χ0) is 11.1. The average molecular weight is 208 g/mol. The first-order valence-electron chi connectivity index (χ1n) is 4.29. The van der Waals surface area contributed by atoms with Crippen LogP contribution < -0.4 is 10.6 Å². The molecule has 1 aromatic carbocycles. The Hall–Kier alpha value is -2.04. The highest BCUT2D eigenvalue weighted by atomic mass is 16.6. The first kappa shape index (κ1) is 11.0. The second-order valence-corrected chi connectivity index (χ2v) is 2.71. The van der Waals surface area contributed by atoms with Crippen LogP contribution in [0, 0.1) is 0 Å². The summed E-state index contributed by atoms with van der Waals surface area (Å²) >= 11 is 0. The molecule has 0 aromatic heterocycles. The fourth-order valence-corrected chi connectivity index (χ4v) is 0.937. The number of hydrogen-bond donors (Lipinski definition) is 1. The number of ether oxygens (including phenoxy) is 2. The Bertz CT molecular complexity index is 346. The molecule has 0 fully saturated rings. The maximum Gasteiger partial charge on any atom is 0.343 e. The molecule has 15 heavy (non-hydrogen) atoms. The summed E-state index contributed by atoms with van der Waals surface area (Å²) in [5, 5.41) is 3.38. The van der Waals surface area contributed by atoms with Crippen LogP contribution in [0.4, 0.5) is 0 Å². The fourth-order valence-electron chi connectivity index (χ4n) is 0.937. The third-order valence-corrected chi connectivity index (χ3v) is 1.69. The van der Waals surface area contributed by atoms with Crippen molar-refractivity contribution in [1.29, 1.82) is 0 Å². The highest BCUT2D eigenvalue weighted by Gasteiger charge is 2.00. The van der Waals surface area contributed by atoms with Crippen molar-refractivity contribution in [3.63, 3.8) is 0 Å². The van der Waals surface area contributed by atoms with Gasteiger partial charge in [-0.1, -0.05) is 0 Å². The van der Waals surface area contributed by atoms with Crippen LogP contribution in [0.15, 0.2) is 29.4 Å². The third-order valence-electron chi connectivity index (χ3n) is 1.69. The zero-order valence-electron chi connectivity index (χ0n) is 8.34. The van der Waals surface area contributed by atoms with E-state index in [1.54, 1.807) is 24.3 Å². The zero-order valence-corrected chi connectivity index (χ0v) is 8.34. The van der Waals surface area contributed by atoms with Crippen LogP contribution in [0.2, 0.25) is 0 Å². The van der Waals surface area contributed by atoms with Gasteiger partial charge in [-0.25, -0.2) is 4.79 Å². The smallest absolute Gasteiger partial charge is 0.343 e. The van der Waals surface area contributed by atoms with Gasteiger partial charge in [0.15, 0.2) is 6.61 Å². The molecule has 0 saturated heterocycles. The van der Waals surface area contributed by atoms with Crippen molar-refractivity contribution in [2.45, 2.75) is 0 Å². The normalized spacial score (nSPS) is 10.2. The molecule has 80 valence electrons. The number of hydrogen-bond acceptors (Lipinski definition) is 5. The second kappa shape index (κ2) is 5.64. The number of methoxy groups -OCH3 is 1. The van der Waals surface area contributed by atoms with E-state index in [2.05, 4.69) is 9.84 Å². The molecule has 0 spiro atoms. The Balaban J connectivity index is 2.53. The van der Waals surface area contributed by atoms with E-state index in [0.29, 0.717) is 5.75 Å². The van der Waals surface area contributed by atoms with Gasteiger partial charge in [-0.2, -0.15) is 5.10 Å². The molecular formula is C10H12N2O3. The van der Waals surface area contributed by atoms with Gasteiger partial charge in [0.1, 0.15) is 5.75 Å². The number of nitrogens with zero attached hydrogens (tertiary/aromatic N) is 1.